The highest BCUT2D eigenvalue weighted by Crippen LogP contribution is 2.30. The van der Waals surface area contributed by atoms with Crippen LogP contribution >= 0.6 is 12.4 Å². The second-order valence-corrected chi connectivity index (χ2v) is 4.94. The van der Waals surface area contributed by atoms with E-state index in [1.165, 1.54) is 12.8 Å². The van der Waals surface area contributed by atoms with Crippen LogP contribution < -0.4 is 5.32 Å². The number of rotatable bonds is 3. The third-order valence-electron chi connectivity index (χ3n) is 3.73. The zero-order chi connectivity index (χ0) is 11.5. The van der Waals surface area contributed by atoms with Crippen LogP contribution in [0.2, 0.25) is 0 Å². The zero-order valence-electron chi connectivity index (χ0n) is 10.9. The lowest BCUT2D eigenvalue weighted by atomic mass is 9.79. The molecule has 1 heterocycles. The summed E-state index contributed by atoms with van der Waals surface area (Å²) in [6.45, 7) is 11.1. The second kappa shape index (κ2) is 6.45. The summed E-state index contributed by atoms with van der Waals surface area (Å²) in [5, 5.41) is 3.37. The predicted molar refractivity (Wildman–Crippen MR) is 70.0 cm³/mol. The van der Waals surface area contributed by atoms with Crippen molar-refractivity contribution in [3.63, 3.8) is 0 Å². The van der Waals surface area contributed by atoms with E-state index in [9.17, 15) is 4.79 Å². The van der Waals surface area contributed by atoms with Crippen molar-refractivity contribution >= 4 is 18.3 Å². The first-order valence-corrected chi connectivity index (χ1v) is 5.99. The fourth-order valence-corrected chi connectivity index (χ4v) is 2.78. The standard InChI is InChI=1S/C12H24N2O.ClH/c1-5-14(10(2)15)12(3,4)11-6-8-13-9-7-11;/h11,13H,5-9H2,1-4H3;1H. The average Bonchev–Trinajstić information content (AvgIpc) is 2.19. The summed E-state index contributed by atoms with van der Waals surface area (Å²) in [6.07, 6.45) is 2.35. The molecule has 1 aliphatic rings. The summed E-state index contributed by atoms with van der Waals surface area (Å²) in [5.41, 5.74) is 0.00266. The maximum Gasteiger partial charge on any atom is 0.219 e. The molecule has 0 spiro atoms. The van der Waals surface area contributed by atoms with E-state index >= 15 is 0 Å². The molecule has 0 aromatic rings. The van der Waals surface area contributed by atoms with Gasteiger partial charge < -0.3 is 10.2 Å². The second-order valence-electron chi connectivity index (χ2n) is 4.94. The van der Waals surface area contributed by atoms with Crippen LogP contribution in [0.15, 0.2) is 0 Å². The van der Waals surface area contributed by atoms with Gasteiger partial charge in [-0.25, -0.2) is 0 Å². The Labute approximate surface area is 105 Å². The van der Waals surface area contributed by atoms with Gasteiger partial charge in [0, 0.05) is 19.0 Å². The van der Waals surface area contributed by atoms with Crippen LogP contribution in [0.25, 0.3) is 0 Å². The number of amides is 1. The minimum Gasteiger partial charge on any atom is -0.338 e. The van der Waals surface area contributed by atoms with Gasteiger partial charge in [-0.05, 0) is 52.6 Å². The molecule has 0 unspecified atom stereocenters. The molecule has 0 aromatic carbocycles. The summed E-state index contributed by atoms with van der Waals surface area (Å²) in [4.78, 5) is 13.6. The first-order chi connectivity index (χ1) is 7.00. The van der Waals surface area contributed by atoms with E-state index in [2.05, 4.69) is 26.1 Å². The van der Waals surface area contributed by atoms with E-state index in [1.807, 2.05) is 4.90 Å². The Kier molecular flexibility index (Phi) is 6.34. The molecule has 96 valence electrons. The molecule has 0 radical (unpaired) electrons. The Morgan fingerprint density at radius 2 is 1.88 bits per heavy atom. The molecule has 1 amide bonds. The SMILES string of the molecule is CCN(C(C)=O)C(C)(C)C1CCNCC1.Cl. The van der Waals surface area contributed by atoms with E-state index in [0.717, 1.165) is 19.6 Å². The molecule has 1 rings (SSSR count). The number of hydrogen-bond acceptors (Lipinski definition) is 2. The van der Waals surface area contributed by atoms with Crippen molar-refractivity contribution in [3.05, 3.63) is 0 Å². The van der Waals surface area contributed by atoms with Gasteiger partial charge in [0.25, 0.3) is 0 Å². The summed E-state index contributed by atoms with van der Waals surface area (Å²) in [5.74, 6) is 0.823. The maximum absolute atomic E-state index is 11.6. The summed E-state index contributed by atoms with van der Waals surface area (Å²) in [7, 11) is 0. The van der Waals surface area contributed by atoms with Crippen molar-refractivity contribution < 1.29 is 4.79 Å². The maximum atomic E-state index is 11.6. The minimum atomic E-state index is 0. The van der Waals surface area contributed by atoms with E-state index in [4.69, 9.17) is 0 Å². The number of carbonyl (C=O) groups is 1. The largest absolute Gasteiger partial charge is 0.338 e. The number of carbonyl (C=O) groups excluding carboxylic acids is 1. The quantitative estimate of drug-likeness (QED) is 0.829. The molecule has 4 heteroatoms. The fourth-order valence-electron chi connectivity index (χ4n) is 2.78. The van der Waals surface area contributed by atoms with Crippen LogP contribution in [-0.4, -0.2) is 36.0 Å². The van der Waals surface area contributed by atoms with Crippen LogP contribution in [0, 0.1) is 5.92 Å². The highest BCUT2D eigenvalue weighted by Gasteiger charge is 2.36. The van der Waals surface area contributed by atoms with Crippen LogP contribution in [-0.2, 0) is 4.79 Å². The van der Waals surface area contributed by atoms with Gasteiger partial charge in [0.1, 0.15) is 0 Å². The molecule has 1 aliphatic heterocycles. The molecular formula is C12H25ClN2O. The van der Waals surface area contributed by atoms with Crippen molar-refractivity contribution in [1.82, 2.24) is 10.2 Å². The fraction of sp³-hybridized carbons (Fsp3) is 0.917. The lowest BCUT2D eigenvalue weighted by Gasteiger charge is -2.45. The number of hydrogen-bond donors (Lipinski definition) is 1. The van der Waals surface area contributed by atoms with Crippen molar-refractivity contribution in [1.29, 1.82) is 0 Å². The third-order valence-corrected chi connectivity index (χ3v) is 3.73. The molecule has 1 saturated heterocycles. The van der Waals surface area contributed by atoms with Crippen molar-refractivity contribution in [3.8, 4) is 0 Å². The van der Waals surface area contributed by atoms with Crippen LogP contribution in [0.4, 0.5) is 0 Å². The number of nitrogens with one attached hydrogen (secondary N) is 1. The van der Waals surface area contributed by atoms with E-state index in [0.29, 0.717) is 5.92 Å². The molecule has 3 nitrogen and oxygen atoms in total. The van der Waals surface area contributed by atoms with E-state index in [-0.39, 0.29) is 23.9 Å². The van der Waals surface area contributed by atoms with Gasteiger partial charge in [0.15, 0.2) is 0 Å². The lowest BCUT2D eigenvalue weighted by molar-refractivity contribution is -0.136. The van der Waals surface area contributed by atoms with Crippen LogP contribution in [0.1, 0.15) is 40.5 Å². The molecule has 0 bridgehead atoms. The Morgan fingerprint density at radius 3 is 2.25 bits per heavy atom. The number of halogens is 1. The van der Waals surface area contributed by atoms with Crippen molar-refractivity contribution in [2.45, 2.75) is 46.1 Å². The molecule has 0 aromatic heterocycles. The monoisotopic (exact) mass is 248 g/mol. The van der Waals surface area contributed by atoms with Gasteiger partial charge in [0.05, 0.1) is 0 Å². The predicted octanol–water partition coefficient (Wildman–Crippen LogP) is 2.05. The minimum absolute atomic E-state index is 0. The molecule has 0 atom stereocenters. The van der Waals surface area contributed by atoms with Gasteiger partial charge in [-0.2, -0.15) is 0 Å². The molecule has 1 fully saturated rings. The van der Waals surface area contributed by atoms with Gasteiger partial charge in [-0.1, -0.05) is 0 Å². The van der Waals surface area contributed by atoms with Gasteiger partial charge in [-0.15, -0.1) is 12.4 Å². The van der Waals surface area contributed by atoms with Crippen LogP contribution in [0.5, 0.6) is 0 Å². The highest BCUT2D eigenvalue weighted by atomic mass is 35.5. The van der Waals surface area contributed by atoms with Gasteiger partial charge in [0.2, 0.25) is 5.91 Å². The Bertz CT molecular complexity index is 225. The average molecular weight is 249 g/mol. The highest BCUT2D eigenvalue weighted by molar-refractivity contribution is 5.85. The summed E-state index contributed by atoms with van der Waals surface area (Å²) in [6, 6.07) is 0. The van der Waals surface area contributed by atoms with Gasteiger partial charge in [-0.3, -0.25) is 4.79 Å². The third kappa shape index (κ3) is 3.36. The number of nitrogens with zero attached hydrogens (tertiary/aromatic N) is 1. The van der Waals surface area contributed by atoms with E-state index < -0.39 is 0 Å². The first-order valence-electron chi connectivity index (χ1n) is 5.99. The van der Waals surface area contributed by atoms with Gasteiger partial charge >= 0.3 is 0 Å². The van der Waals surface area contributed by atoms with E-state index in [1.54, 1.807) is 6.92 Å². The van der Waals surface area contributed by atoms with Crippen molar-refractivity contribution in [2.24, 2.45) is 5.92 Å². The zero-order valence-corrected chi connectivity index (χ0v) is 11.7. The Hall–Kier alpha value is -0.280. The molecule has 0 saturated carbocycles. The Balaban J connectivity index is 0.00000225. The molecular weight excluding hydrogens is 224 g/mol. The topological polar surface area (TPSA) is 32.3 Å². The summed E-state index contributed by atoms with van der Waals surface area (Å²) >= 11 is 0. The molecule has 16 heavy (non-hydrogen) atoms. The normalized spacial score (nSPS) is 17.8. The Morgan fingerprint density at radius 1 is 1.38 bits per heavy atom. The lowest BCUT2D eigenvalue weighted by Crippen LogP contribution is -2.53. The first kappa shape index (κ1) is 15.7. The smallest absolute Gasteiger partial charge is 0.219 e. The van der Waals surface area contributed by atoms with Crippen molar-refractivity contribution in [2.75, 3.05) is 19.6 Å². The summed E-state index contributed by atoms with van der Waals surface area (Å²) < 4.78 is 0. The number of piperidine rings is 1. The molecule has 0 aliphatic carbocycles. The molecule has 1 N–H and O–H groups in total. The van der Waals surface area contributed by atoms with Crippen LogP contribution in [0.3, 0.4) is 0 Å².